The molecule has 0 saturated carbocycles. The first-order valence-corrected chi connectivity index (χ1v) is 8.76. The molecule has 8 heteroatoms. The molecule has 0 unspecified atom stereocenters. The van der Waals surface area contributed by atoms with E-state index >= 15 is 4.39 Å². The predicted octanol–water partition coefficient (Wildman–Crippen LogP) is 2.84. The third kappa shape index (κ3) is 3.30. The molecule has 1 aliphatic rings. The maximum atomic E-state index is 15.6. The van der Waals surface area contributed by atoms with Gasteiger partial charge in [0.25, 0.3) is 5.91 Å². The van der Waals surface area contributed by atoms with Gasteiger partial charge in [-0.15, -0.1) is 0 Å². The lowest BCUT2D eigenvalue weighted by molar-refractivity contribution is -0.138. The van der Waals surface area contributed by atoms with Gasteiger partial charge < -0.3 is 15.5 Å². The van der Waals surface area contributed by atoms with Crippen LogP contribution in [0.4, 0.5) is 4.39 Å². The number of benzene rings is 1. The van der Waals surface area contributed by atoms with Gasteiger partial charge in [0.2, 0.25) is 5.67 Å². The van der Waals surface area contributed by atoms with E-state index in [-0.39, 0.29) is 30.6 Å². The van der Waals surface area contributed by atoms with Crippen molar-refractivity contribution >= 4 is 29.1 Å². The van der Waals surface area contributed by atoms with E-state index < -0.39 is 23.8 Å². The van der Waals surface area contributed by atoms with Crippen LogP contribution in [-0.2, 0) is 22.6 Å². The number of rotatable bonds is 4. The standard InChI is InChI=1S/C18H17Cl2FN2O3/c19-12-4-3-11(14(20)8-12)9-23-16(25)18(21)6-5-17(26,10-24)15-13(18)2-1-7-22-15/h1-4,7-8,24,26H,5-6,9-10H2,(H,23,25)/t17-,18+/m1/s1. The number of pyridine rings is 1. The highest BCUT2D eigenvalue weighted by atomic mass is 35.5. The van der Waals surface area contributed by atoms with Crippen LogP contribution in [-0.4, -0.2) is 27.7 Å². The van der Waals surface area contributed by atoms with Crippen LogP contribution in [0.25, 0.3) is 0 Å². The van der Waals surface area contributed by atoms with E-state index in [0.717, 1.165) is 0 Å². The Hall–Kier alpha value is -1.73. The van der Waals surface area contributed by atoms with E-state index in [1.165, 1.54) is 24.4 Å². The second-order valence-electron chi connectivity index (χ2n) is 6.31. The van der Waals surface area contributed by atoms with Crippen LogP contribution in [0.2, 0.25) is 10.0 Å². The summed E-state index contributed by atoms with van der Waals surface area (Å²) in [4.78, 5) is 16.6. The number of nitrogens with zero attached hydrogens (tertiary/aromatic N) is 1. The zero-order valence-corrected chi connectivity index (χ0v) is 15.2. The van der Waals surface area contributed by atoms with Crippen molar-refractivity contribution in [1.29, 1.82) is 0 Å². The molecular weight excluding hydrogens is 382 g/mol. The average Bonchev–Trinajstić information content (AvgIpc) is 2.64. The van der Waals surface area contributed by atoms with Crippen molar-refractivity contribution in [3.8, 4) is 0 Å². The number of nitrogens with one attached hydrogen (secondary N) is 1. The van der Waals surface area contributed by atoms with Gasteiger partial charge in [-0.25, -0.2) is 4.39 Å². The number of aliphatic hydroxyl groups excluding tert-OH is 1. The Balaban J connectivity index is 1.85. The Morgan fingerprint density at radius 2 is 2.08 bits per heavy atom. The van der Waals surface area contributed by atoms with Crippen molar-refractivity contribution in [2.45, 2.75) is 30.7 Å². The summed E-state index contributed by atoms with van der Waals surface area (Å²) in [6.45, 7) is -0.574. The van der Waals surface area contributed by atoms with Crippen LogP contribution in [0.15, 0.2) is 36.5 Å². The average molecular weight is 399 g/mol. The number of amides is 1. The number of hydrogen-bond acceptors (Lipinski definition) is 4. The van der Waals surface area contributed by atoms with Gasteiger partial charge in [-0.3, -0.25) is 9.78 Å². The van der Waals surface area contributed by atoms with Crippen LogP contribution in [0.3, 0.4) is 0 Å². The third-order valence-electron chi connectivity index (χ3n) is 4.63. The Morgan fingerprint density at radius 1 is 1.31 bits per heavy atom. The highest BCUT2D eigenvalue weighted by Crippen LogP contribution is 2.45. The molecule has 5 nitrogen and oxygen atoms in total. The molecule has 0 aliphatic heterocycles. The Bertz CT molecular complexity index is 851. The molecule has 1 aromatic heterocycles. The number of aromatic nitrogens is 1. The van der Waals surface area contributed by atoms with E-state index in [2.05, 4.69) is 10.3 Å². The predicted molar refractivity (Wildman–Crippen MR) is 95.5 cm³/mol. The maximum Gasteiger partial charge on any atom is 0.262 e. The number of fused-ring (bicyclic) bond motifs is 1. The molecule has 1 amide bonds. The number of aliphatic hydroxyl groups is 2. The smallest absolute Gasteiger partial charge is 0.262 e. The minimum absolute atomic E-state index is 0.0177. The minimum atomic E-state index is -2.36. The second-order valence-corrected chi connectivity index (χ2v) is 7.15. The summed E-state index contributed by atoms with van der Waals surface area (Å²) >= 11 is 11.9. The lowest BCUT2D eigenvalue weighted by Crippen LogP contribution is -2.49. The number of alkyl halides is 1. The van der Waals surface area contributed by atoms with Crippen LogP contribution in [0.1, 0.15) is 29.7 Å². The first kappa shape index (κ1) is 19.0. The summed E-state index contributed by atoms with van der Waals surface area (Å²) < 4.78 is 15.6. The highest BCUT2D eigenvalue weighted by molar-refractivity contribution is 6.35. The summed E-state index contributed by atoms with van der Waals surface area (Å²) in [5, 5.41) is 23.3. The van der Waals surface area contributed by atoms with Gasteiger partial charge in [0, 0.05) is 28.4 Å². The van der Waals surface area contributed by atoms with Gasteiger partial charge >= 0.3 is 0 Å². The van der Waals surface area contributed by atoms with Gasteiger partial charge in [-0.2, -0.15) is 0 Å². The highest BCUT2D eigenvalue weighted by Gasteiger charge is 2.51. The zero-order valence-electron chi connectivity index (χ0n) is 13.7. The molecular formula is C18H17Cl2FN2O3. The van der Waals surface area contributed by atoms with E-state index in [1.807, 2.05) is 0 Å². The number of carbonyl (C=O) groups excluding carboxylic acids is 1. The quantitative estimate of drug-likeness (QED) is 0.739. The molecule has 26 heavy (non-hydrogen) atoms. The van der Waals surface area contributed by atoms with Crippen LogP contribution in [0.5, 0.6) is 0 Å². The molecule has 1 aliphatic carbocycles. The molecule has 0 bridgehead atoms. The van der Waals surface area contributed by atoms with E-state index in [9.17, 15) is 15.0 Å². The van der Waals surface area contributed by atoms with Crippen molar-refractivity contribution in [2.24, 2.45) is 0 Å². The van der Waals surface area contributed by atoms with Gasteiger partial charge in [-0.05, 0) is 36.6 Å². The zero-order chi connectivity index (χ0) is 18.9. The molecule has 2 atom stereocenters. The minimum Gasteiger partial charge on any atom is -0.393 e. The number of carbonyl (C=O) groups is 1. The molecule has 0 saturated heterocycles. The first-order chi connectivity index (χ1) is 12.3. The first-order valence-electron chi connectivity index (χ1n) is 8.00. The van der Waals surface area contributed by atoms with Gasteiger partial charge in [0.1, 0.15) is 5.60 Å². The topological polar surface area (TPSA) is 82.5 Å². The molecule has 1 heterocycles. The van der Waals surface area contributed by atoms with E-state index in [1.54, 1.807) is 12.1 Å². The summed E-state index contributed by atoms with van der Waals surface area (Å²) in [7, 11) is 0. The molecule has 0 radical (unpaired) electrons. The molecule has 1 aromatic carbocycles. The normalized spacial score (nSPS) is 24.8. The summed E-state index contributed by atoms with van der Waals surface area (Å²) in [5.41, 5.74) is -3.48. The monoisotopic (exact) mass is 398 g/mol. The fourth-order valence-corrected chi connectivity index (χ4v) is 3.57. The van der Waals surface area contributed by atoms with Crippen molar-refractivity contribution in [3.63, 3.8) is 0 Å². The van der Waals surface area contributed by atoms with Crippen LogP contribution >= 0.6 is 23.2 Å². The lowest BCUT2D eigenvalue weighted by atomic mass is 9.74. The van der Waals surface area contributed by atoms with Gasteiger partial charge in [-0.1, -0.05) is 35.3 Å². The molecule has 0 spiro atoms. The van der Waals surface area contributed by atoms with E-state index in [0.29, 0.717) is 15.6 Å². The maximum absolute atomic E-state index is 15.6. The Morgan fingerprint density at radius 3 is 2.77 bits per heavy atom. The molecule has 3 rings (SSSR count). The molecule has 3 N–H and O–H groups in total. The third-order valence-corrected chi connectivity index (χ3v) is 5.22. The van der Waals surface area contributed by atoms with Gasteiger partial charge in [0.05, 0.1) is 12.3 Å². The van der Waals surface area contributed by atoms with Crippen molar-refractivity contribution < 1.29 is 19.4 Å². The second kappa shape index (κ2) is 7.12. The molecule has 2 aromatic rings. The van der Waals surface area contributed by atoms with E-state index in [4.69, 9.17) is 23.2 Å². The Labute approximate surface area is 159 Å². The SMILES string of the molecule is O=C(NCc1ccc(Cl)cc1Cl)[C@]1(F)CC[C@@](O)(CO)c2ncccc21. The largest absolute Gasteiger partial charge is 0.393 e. The van der Waals surface area contributed by atoms with Crippen LogP contribution in [0, 0.1) is 0 Å². The molecule has 138 valence electrons. The lowest BCUT2D eigenvalue weighted by Gasteiger charge is -2.38. The fraction of sp³-hybridized carbons (Fsp3) is 0.333. The van der Waals surface area contributed by atoms with Crippen LogP contribution < -0.4 is 5.32 Å². The van der Waals surface area contributed by atoms with Crippen molar-refractivity contribution in [2.75, 3.05) is 6.61 Å². The number of halogens is 3. The Kier molecular flexibility index (Phi) is 5.21. The van der Waals surface area contributed by atoms with Crippen molar-refractivity contribution in [3.05, 3.63) is 63.4 Å². The summed E-state index contributed by atoms with van der Waals surface area (Å²) in [6.07, 6.45) is 0.985. The summed E-state index contributed by atoms with van der Waals surface area (Å²) in [6, 6.07) is 7.70. The summed E-state index contributed by atoms with van der Waals surface area (Å²) in [5.74, 6) is -0.849. The number of hydrogen-bond donors (Lipinski definition) is 3. The fourth-order valence-electron chi connectivity index (χ4n) is 3.10. The van der Waals surface area contributed by atoms with Gasteiger partial charge in [0.15, 0.2) is 0 Å². The molecule has 0 fully saturated rings. The van der Waals surface area contributed by atoms with Crippen molar-refractivity contribution in [1.82, 2.24) is 10.3 Å².